The molecule has 6 heteroatoms. The molecule has 0 radical (unpaired) electrons. The second kappa shape index (κ2) is 6.63. The molecule has 2 rings (SSSR count). The molecule has 2 heterocycles. The van der Waals surface area contributed by atoms with Gasteiger partial charge in [0, 0.05) is 13.1 Å². The zero-order chi connectivity index (χ0) is 12.3. The molecule has 100 valence electrons. The molecule has 0 aromatic heterocycles. The van der Waals surface area contributed by atoms with Gasteiger partial charge in [0.05, 0.1) is 0 Å². The van der Waals surface area contributed by atoms with E-state index < -0.39 is 0 Å². The zero-order valence-electron chi connectivity index (χ0n) is 11.1. The van der Waals surface area contributed by atoms with Gasteiger partial charge >= 0.3 is 0 Å². The third kappa shape index (κ3) is 4.01. The van der Waals surface area contributed by atoms with E-state index in [-0.39, 0.29) is 0 Å². The first-order chi connectivity index (χ1) is 8.16. The molecule has 0 aliphatic carbocycles. The van der Waals surface area contributed by atoms with E-state index in [0.717, 1.165) is 6.54 Å². The smallest absolute Gasteiger partial charge is 0.120 e. The standard InChI is InChI=1S/C11H24N4S2/c1-13(2)10-12-11(17-16-10)14(3)8-9-15-6-4-5-7-15/h10-12H,4-9H2,1-3H3. The summed E-state index contributed by atoms with van der Waals surface area (Å²) < 4.78 is 0. The Bertz CT molecular complexity index is 234. The fourth-order valence-corrected chi connectivity index (χ4v) is 5.15. The fraction of sp³-hybridized carbons (Fsp3) is 1.00. The SMILES string of the molecule is CN(C)C1NC(N(C)CCN2CCCC2)SS1. The van der Waals surface area contributed by atoms with E-state index in [1.54, 1.807) is 0 Å². The molecule has 17 heavy (non-hydrogen) atoms. The quantitative estimate of drug-likeness (QED) is 0.755. The van der Waals surface area contributed by atoms with Crippen LogP contribution in [0.25, 0.3) is 0 Å². The van der Waals surface area contributed by atoms with Gasteiger partial charge in [-0.25, -0.2) is 0 Å². The van der Waals surface area contributed by atoms with Crippen LogP contribution in [-0.4, -0.2) is 73.0 Å². The van der Waals surface area contributed by atoms with E-state index in [4.69, 9.17) is 0 Å². The van der Waals surface area contributed by atoms with Crippen molar-refractivity contribution in [1.82, 2.24) is 20.0 Å². The minimum atomic E-state index is 0.444. The second-order valence-electron chi connectivity index (χ2n) is 5.06. The molecule has 0 spiro atoms. The van der Waals surface area contributed by atoms with Crippen LogP contribution in [0.4, 0.5) is 0 Å². The van der Waals surface area contributed by atoms with Gasteiger partial charge in [0.2, 0.25) is 0 Å². The van der Waals surface area contributed by atoms with Crippen molar-refractivity contribution in [3.05, 3.63) is 0 Å². The first kappa shape index (κ1) is 14.0. The Morgan fingerprint density at radius 2 is 1.76 bits per heavy atom. The van der Waals surface area contributed by atoms with Crippen molar-refractivity contribution >= 4 is 21.6 Å². The lowest BCUT2D eigenvalue weighted by molar-refractivity contribution is 0.209. The summed E-state index contributed by atoms with van der Waals surface area (Å²) in [6.45, 7) is 4.97. The normalized spacial score (nSPS) is 30.9. The highest BCUT2D eigenvalue weighted by Crippen LogP contribution is 2.37. The molecular weight excluding hydrogens is 252 g/mol. The molecule has 0 aromatic rings. The Labute approximate surface area is 113 Å². The highest BCUT2D eigenvalue weighted by atomic mass is 33.1. The number of rotatable bonds is 5. The monoisotopic (exact) mass is 276 g/mol. The maximum Gasteiger partial charge on any atom is 0.120 e. The van der Waals surface area contributed by atoms with Gasteiger partial charge in [-0.1, -0.05) is 21.6 Å². The van der Waals surface area contributed by atoms with Crippen LogP contribution in [0.5, 0.6) is 0 Å². The van der Waals surface area contributed by atoms with Gasteiger partial charge < -0.3 is 4.90 Å². The van der Waals surface area contributed by atoms with Crippen LogP contribution in [0.15, 0.2) is 0 Å². The first-order valence-electron chi connectivity index (χ1n) is 6.34. The lowest BCUT2D eigenvalue weighted by atomic mass is 10.4. The summed E-state index contributed by atoms with van der Waals surface area (Å²) >= 11 is 0. The number of nitrogens with one attached hydrogen (secondary N) is 1. The second-order valence-corrected chi connectivity index (χ2v) is 7.49. The van der Waals surface area contributed by atoms with Gasteiger partial charge in [-0.15, -0.1) is 0 Å². The van der Waals surface area contributed by atoms with Gasteiger partial charge in [-0.3, -0.25) is 15.1 Å². The van der Waals surface area contributed by atoms with Crippen molar-refractivity contribution < 1.29 is 0 Å². The van der Waals surface area contributed by atoms with E-state index in [9.17, 15) is 0 Å². The lowest BCUT2D eigenvalue weighted by Gasteiger charge is -2.26. The molecule has 2 fully saturated rings. The molecule has 0 bridgehead atoms. The molecular formula is C11H24N4S2. The van der Waals surface area contributed by atoms with Crippen LogP contribution >= 0.6 is 21.6 Å². The zero-order valence-corrected chi connectivity index (χ0v) is 12.7. The van der Waals surface area contributed by atoms with Gasteiger partial charge in [0.25, 0.3) is 0 Å². The number of likely N-dealkylation sites (N-methyl/N-ethyl adjacent to an activating group) is 1. The first-order valence-corrected chi connectivity index (χ1v) is 8.61. The summed E-state index contributed by atoms with van der Waals surface area (Å²) in [5, 5.41) is 3.62. The van der Waals surface area contributed by atoms with Crippen molar-refractivity contribution in [3.63, 3.8) is 0 Å². The van der Waals surface area contributed by atoms with E-state index >= 15 is 0 Å². The molecule has 2 saturated heterocycles. The van der Waals surface area contributed by atoms with Crippen molar-refractivity contribution in [2.24, 2.45) is 0 Å². The Morgan fingerprint density at radius 3 is 2.35 bits per heavy atom. The van der Waals surface area contributed by atoms with E-state index in [1.807, 2.05) is 21.6 Å². The predicted molar refractivity (Wildman–Crippen MR) is 77.9 cm³/mol. The van der Waals surface area contributed by atoms with Crippen molar-refractivity contribution in [1.29, 1.82) is 0 Å². The minimum Gasteiger partial charge on any atom is -0.302 e. The van der Waals surface area contributed by atoms with Crippen molar-refractivity contribution in [2.75, 3.05) is 47.3 Å². The number of nitrogens with zero attached hydrogens (tertiary/aromatic N) is 3. The van der Waals surface area contributed by atoms with Crippen LogP contribution in [0.3, 0.4) is 0 Å². The fourth-order valence-electron chi connectivity index (χ4n) is 2.14. The van der Waals surface area contributed by atoms with Crippen LogP contribution < -0.4 is 5.32 Å². The summed E-state index contributed by atoms with van der Waals surface area (Å²) in [6, 6.07) is 0. The summed E-state index contributed by atoms with van der Waals surface area (Å²) in [6.07, 6.45) is 2.78. The van der Waals surface area contributed by atoms with Gasteiger partial charge in [-0.2, -0.15) is 0 Å². The average Bonchev–Trinajstić information content (AvgIpc) is 2.96. The Hall–Kier alpha value is 0.540. The molecule has 2 aliphatic rings. The predicted octanol–water partition coefficient (Wildman–Crippen LogP) is 1.13. The molecule has 0 saturated carbocycles. The lowest BCUT2D eigenvalue weighted by Crippen LogP contribution is -2.46. The highest BCUT2D eigenvalue weighted by molar-refractivity contribution is 8.77. The molecule has 0 aromatic carbocycles. The topological polar surface area (TPSA) is 21.8 Å². The Kier molecular flexibility index (Phi) is 5.45. The van der Waals surface area contributed by atoms with Crippen LogP contribution in [0.2, 0.25) is 0 Å². The Balaban J connectivity index is 1.67. The van der Waals surface area contributed by atoms with Gasteiger partial charge in [0.1, 0.15) is 11.0 Å². The maximum atomic E-state index is 3.62. The third-order valence-corrected chi connectivity index (χ3v) is 6.32. The van der Waals surface area contributed by atoms with Gasteiger partial charge in [0.15, 0.2) is 0 Å². The average molecular weight is 276 g/mol. The van der Waals surface area contributed by atoms with E-state index in [1.165, 1.54) is 32.5 Å². The Morgan fingerprint density at radius 1 is 1.12 bits per heavy atom. The highest BCUT2D eigenvalue weighted by Gasteiger charge is 2.29. The molecule has 2 aliphatic heterocycles. The number of hydrogen-bond acceptors (Lipinski definition) is 6. The summed E-state index contributed by atoms with van der Waals surface area (Å²) in [7, 11) is 10.3. The van der Waals surface area contributed by atoms with Crippen LogP contribution in [0.1, 0.15) is 12.8 Å². The molecule has 0 amide bonds. The number of likely N-dealkylation sites (tertiary alicyclic amines) is 1. The molecule has 2 unspecified atom stereocenters. The van der Waals surface area contributed by atoms with E-state index in [0.29, 0.717) is 11.0 Å². The van der Waals surface area contributed by atoms with Gasteiger partial charge in [-0.05, 0) is 47.1 Å². The molecule has 2 atom stereocenters. The largest absolute Gasteiger partial charge is 0.302 e. The van der Waals surface area contributed by atoms with Crippen LogP contribution in [-0.2, 0) is 0 Å². The minimum absolute atomic E-state index is 0.444. The summed E-state index contributed by atoms with van der Waals surface area (Å²) in [4.78, 5) is 7.23. The third-order valence-electron chi connectivity index (χ3n) is 3.36. The van der Waals surface area contributed by atoms with Crippen molar-refractivity contribution in [3.8, 4) is 0 Å². The molecule has 1 N–H and O–H groups in total. The van der Waals surface area contributed by atoms with E-state index in [2.05, 4.69) is 41.2 Å². The summed E-state index contributed by atoms with van der Waals surface area (Å²) in [5.41, 5.74) is 0.897. The number of hydrogen-bond donors (Lipinski definition) is 1. The van der Waals surface area contributed by atoms with Crippen LogP contribution in [0, 0.1) is 0 Å². The molecule has 4 nitrogen and oxygen atoms in total. The summed E-state index contributed by atoms with van der Waals surface area (Å²) in [5.74, 6) is 0. The maximum absolute atomic E-state index is 3.62. The van der Waals surface area contributed by atoms with Crippen molar-refractivity contribution in [2.45, 2.75) is 23.8 Å².